The third kappa shape index (κ3) is 5.53. The lowest BCUT2D eigenvalue weighted by molar-refractivity contribution is -0.124. The lowest BCUT2D eigenvalue weighted by Gasteiger charge is -2.10. The van der Waals surface area contributed by atoms with Crippen LogP contribution in [0.5, 0.6) is 0 Å². The Morgan fingerprint density at radius 1 is 0.793 bits per heavy atom. The Hall–Kier alpha value is -3.44. The molecular weight excluding hydrogens is 390 g/mol. The van der Waals surface area contributed by atoms with Crippen molar-refractivity contribution in [3.8, 4) is 0 Å². The maximum Gasteiger partial charge on any atom is 0.339 e. The van der Waals surface area contributed by atoms with Gasteiger partial charge in [0.25, 0.3) is 5.91 Å². The molecule has 0 radical (unpaired) electrons. The Bertz CT molecular complexity index is 1020. The number of halogens is 1. The Labute approximate surface area is 173 Å². The van der Waals surface area contributed by atoms with Gasteiger partial charge >= 0.3 is 5.97 Å². The van der Waals surface area contributed by atoms with Crippen molar-refractivity contribution in [2.45, 2.75) is 6.54 Å². The minimum atomic E-state index is -0.730. The molecule has 1 amide bonds. The van der Waals surface area contributed by atoms with E-state index < -0.39 is 18.5 Å². The van der Waals surface area contributed by atoms with Gasteiger partial charge in [-0.05, 0) is 23.8 Å². The molecule has 1 N–H and O–H groups in total. The number of carbonyl (C=O) groups excluding carboxylic acids is 3. The first-order chi connectivity index (χ1) is 14.0. The molecule has 3 aromatic carbocycles. The molecule has 0 atom stereocenters. The van der Waals surface area contributed by atoms with Crippen LogP contribution in [-0.4, -0.2) is 24.3 Å². The van der Waals surface area contributed by atoms with Crippen LogP contribution < -0.4 is 5.32 Å². The van der Waals surface area contributed by atoms with E-state index in [4.69, 9.17) is 16.3 Å². The molecule has 3 rings (SSSR count). The van der Waals surface area contributed by atoms with Crippen LogP contribution in [0.3, 0.4) is 0 Å². The highest BCUT2D eigenvalue weighted by Gasteiger charge is 2.19. The summed E-state index contributed by atoms with van der Waals surface area (Å²) in [5.41, 5.74) is 1.68. The van der Waals surface area contributed by atoms with Crippen molar-refractivity contribution in [1.82, 2.24) is 5.32 Å². The fourth-order valence-corrected chi connectivity index (χ4v) is 2.79. The number of carbonyl (C=O) groups is 3. The zero-order valence-electron chi connectivity index (χ0n) is 15.4. The average Bonchev–Trinajstić information content (AvgIpc) is 2.77. The van der Waals surface area contributed by atoms with Crippen LogP contribution in [0.4, 0.5) is 0 Å². The number of esters is 1. The van der Waals surface area contributed by atoms with Gasteiger partial charge in [0.1, 0.15) is 0 Å². The molecule has 0 aliphatic heterocycles. The molecule has 0 bridgehead atoms. The maximum atomic E-state index is 12.7. The molecule has 5 nitrogen and oxygen atoms in total. The first-order valence-corrected chi connectivity index (χ1v) is 9.29. The fraction of sp³-hybridized carbons (Fsp3) is 0.0870. The van der Waals surface area contributed by atoms with Gasteiger partial charge in [-0.25, -0.2) is 4.79 Å². The summed E-state index contributed by atoms with van der Waals surface area (Å²) in [7, 11) is 0. The average molecular weight is 408 g/mol. The minimum absolute atomic E-state index is 0.117. The van der Waals surface area contributed by atoms with E-state index in [9.17, 15) is 14.4 Å². The monoisotopic (exact) mass is 407 g/mol. The number of hydrogen-bond acceptors (Lipinski definition) is 4. The number of ether oxygens (including phenoxy) is 1. The van der Waals surface area contributed by atoms with E-state index in [1.807, 2.05) is 0 Å². The van der Waals surface area contributed by atoms with Crippen LogP contribution in [0.25, 0.3) is 0 Å². The molecule has 0 fully saturated rings. The Kier molecular flexibility index (Phi) is 6.76. The van der Waals surface area contributed by atoms with Crippen LogP contribution in [0, 0.1) is 0 Å². The van der Waals surface area contributed by atoms with Crippen molar-refractivity contribution in [3.05, 3.63) is 106 Å². The van der Waals surface area contributed by atoms with Gasteiger partial charge in [-0.3, -0.25) is 9.59 Å². The Balaban J connectivity index is 1.60. The first kappa shape index (κ1) is 20.3. The lowest BCUT2D eigenvalue weighted by atomic mass is 9.98. The number of benzene rings is 3. The van der Waals surface area contributed by atoms with Crippen LogP contribution in [0.1, 0.15) is 31.8 Å². The van der Waals surface area contributed by atoms with E-state index in [1.165, 1.54) is 6.07 Å². The van der Waals surface area contributed by atoms with Crippen molar-refractivity contribution in [3.63, 3.8) is 0 Å². The molecule has 6 heteroatoms. The summed E-state index contributed by atoms with van der Waals surface area (Å²) in [5, 5.41) is 3.27. The van der Waals surface area contributed by atoms with Crippen LogP contribution in [0.2, 0.25) is 5.02 Å². The van der Waals surface area contributed by atoms with Gasteiger partial charge in [-0.1, -0.05) is 72.3 Å². The second-order valence-corrected chi connectivity index (χ2v) is 6.66. The summed E-state index contributed by atoms with van der Waals surface area (Å²) in [5.74, 6) is -1.46. The zero-order valence-corrected chi connectivity index (χ0v) is 16.2. The standard InChI is InChI=1S/C23H18ClNO4/c24-18-12-10-16(11-13-18)14-25-21(26)15-29-23(28)20-9-5-4-8-19(20)22(27)17-6-2-1-3-7-17/h1-13H,14-15H2,(H,25,26). The van der Waals surface area contributed by atoms with Gasteiger partial charge in [0.05, 0.1) is 5.56 Å². The van der Waals surface area contributed by atoms with Gasteiger partial charge in [0.2, 0.25) is 0 Å². The van der Waals surface area contributed by atoms with E-state index in [0.717, 1.165) is 5.56 Å². The molecule has 0 aliphatic rings. The minimum Gasteiger partial charge on any atom is -0.452 e. The number of hydrogen-bond donors (Lipinski definition) is 1. The normalized spacial score (nSPS) is 10.2. The van der Waals surface area contributed by atoms with Gasteiger partial charge in [-0.15, -0.1) is 0 Å². The molecule has 0 heterocycles. The second kappa shape index (κ2) is 9.66. The van der Waals surface area contributed by atoms with Crippen molar-refractivity contribution < 1.29 is 19.1 Å². The maximum absolute atomic E-state index is 12.7. The van der Waals surface area contributed by atoms with E-state index in [-0.39, 0.29) is 23.5 Å². The highest BCUT2D eigenvalue weighted by molar-refractivity contribution is 6.30. The zero-order chi connectivity index (χ0) is 20.6. The number of ketones is 1. The van der Waals surface area contributed by atoms with Gasteiger partial charge in [0.15, 0.2) is 12.4 Å². The molecule has 0 saturated carbocycles. The summed E-state index contributed by atoms with van der Waals surface area (Å²) >= 11 is 5.82. The van der Waals surface area contributed by atoms with Gasteiger partial charge < -0.3 is 10.1 Å². The third-order valence-corrected chi connectivity index (χ3v) is 4.42. The molecule has 146 valence electrons. The third-order valence-electron chi connectivity index (χ3n) is 4.16. The summed E-state index contributed by atoms with van der Waals surface area (Å²) in [4.78, 5) is 37.1. The summed E-state index contributed by atoms with van der Waals surface area (Å²) < 4.78 is 5.10. The van der Waals surface area contributed by atoms with Crippen LogP contribution in [0.15, 0.2) is 78.9 Å². The Morgan fingerprint density at radius 3 is 2.10 bits per heavy atom. The fourth-order valence-electron chi connectivity index (χ4n) is 2.67. The highest BCUT2D eigenvalue weighted by atomic mass is 35.5. The quantitative estimate of drug-likeness (QED) is 0.474. The Morgan fingerprint density at radius 2 is 1.41 bits per heavy atom. The molecular formula is C23H18ClNO4. The van der Waals surface area contributed by atoms with E-state index in [0.29, 0.717) is 10.6 Å². The molecule has 0 spiro atoms. The van der Waals surface area contributed by atoms with Gasteiger partial charge in [-0.2, -0.15) is 0 Å². The van der Waals surface area contributed by atoms with E-state index in [2.05, 4.69) is 5.32 Å². The van der Waals surface area contributed by atoms with Crippen molar-refractivity contribution >= 4 is 29.3 Å². The first-order valence-electron chi connectivity index (χ1n) is 8.91. The topological polar surface area (TPSA) is 72.5 Å². The van der Waals surface area contributed by atoms with Crippen LogP contribution in [-0.2, 0) is 16.1 Å². The predicted octanol–water partition coefficient (Wildman–Crippen LogP) is 4.04. The van der Waals surface area contributed by atoms with E-state index >= 15 is 0 Å². The number of amides is 1. The molecule has 3 aromatic rings. The largest absolute Gasteiger partial charge is 0.452 e. The van der Waals surface area contributed by atoms with Crippen molar-refractivity contribution in [2.75, 3.05) is 6.61 Å². The lowest BCUT2D eigenvalue weighted by Crippen LogP contribution is -2.28. The van der Waals surface area contributed by atoms with E-state index in [1.54, 1.807) is 72.8 Å². The highest BCUT2D eigenvalue weighted by Crippen LogP contribution is 2.16. The predicted molar refractivity (Wildman–Crippen MR) is 110 cm³/mol. The SMILES string of the molecule is O=C(COC(=O)c1ccccc1C(=O)c1ccccc1)NCc1ccc(Cl)cc1. The summed E-state index contributed by atoms with van der Waals surface area (Å²) in [6.45, 7) is -0.156. The second-order valence-electron chi connectivity index (χ2n) is 6.22. The summed E-state index contributed by atoms with van der Waals surface area (Å²) in [6.07, 6.45) is 0. The van der Waals surface area contributed by atoms with Crippen molar-refractivity contribution in [2.24, 2.45) is 0 Å². The van der Waals surface area contributed by atoms with Gasteiger partial charge in [0, 0.05) is 22.7 Å². The van der Waals surface area contributed by atoms with Crippen LogP contribution >= 0.6 is 11.6 Å². The molecule has 29 heavy (non-hydrogen) atoms. The molecule has 0 saturated heterocycles. The number of rotatable bonds is 7. The number of nitrogens with one attached hydrogen (secondary N) is 1. The van der Waals surface area contributed by atoms with Crippen molar-refractivity contribution in [1.29, 1.82) is 0 Å². The molecule has 0 aliphatic carbocycles. The summed E-state index contributed by atoms with van der Waals surface area (Å²) in [6, 6.07) is 22.1. The molecule has 0 aromatic heterocycles. The smallest absolute Gasteiger partial charge is 0.339 e. The molecule has 0 unspecified atom stereocenters.